The lowest BCUT2D eigenvalue weighted by Gasteiger charge is -2.34. The summed E-state index contributed by atoms with van der Waals surface area (Å²) in [5.41, 5.74) is -2.09. The van der Waals surface area contributed by atoms with Gasteiger partial charge in [0.1, 0.15) is 29.5 Å². The number of rotatable bonds is 8. The number of carbonyl (C=O) groups is 4. The molecular formula is C40H56N6O8S. The molecule has 2 aromatic rings. The summed E-state index contributed by atoms with van der Waals surface area (Å²) < 4.78 is 39.7. The van der Waals surface area contributed by atoms with Crippen LogP contribution in [0.25, 0.3) is 10.8 Å². The van der Waals surface area contributed by atoms with E-state index in [9.17, 15) is 27.6 Å². The molecule has 3 heterocycles. The van der Waals surface area contributed by atoms with Crippen molar-refractivity contribution in [3.63, 3.8) is 0 Å². The van der Waals surface area contributed by atoms with Crippen molar-refractivity contribution in [3.05, 3.63) is 42.6 Å². The van der Waals surface area contributed by atoms with E-state index in [1.807, 2.05) is 64.1 Å². The van der Waals surface area contributed by atoms with E-state index in [1.165, 1.54) is 4.90 Å². The van der Waals surface area contributed by atoms with Crippen molar-refractivity contribution < 1.29 is 37.1 Å². The molecule has 7 atom stereocenters. The Morgan fingerprint density at radius 2 is 1.85 bits per heavy atom. The van der Waals surface area contributed by atoms with Gasteiger partial charge in [0.2, 0.25) is 27.7 Å². The van der Waals surface area contributed by atoms with Crippen LogP contribution >= 0.6 is 0 Å². The van der Waals surface area contributed by atoms with Gasteiger partial charge in [-0.2, -0.15) is 0 Å². The second-order valence-corrected chi connectivity index (χ2v) is 19.3. The molecule has 0 bridgehead atoms. The van der Waals surface area contributed by atoms with E-state index >= 15 is 0 Å². The number of benzene rings is 1. The van der Waals surface area contributed by atoms with Crippen LogP contribution in [0.5, 0.6) is 11.6 Å². The summed E-state index contributed by atoms with van der Waals surface area (Å²) >= 11 is 0. The maximum absolute atomic E-state index is 14.9. The number of carbonyl (C=O) groups excluding carboxylic acids is 4. The number of nitrogens with one attached hydrogen (secondary N) is 4. The van der Waals surface area contributed by atoms with Gasteiger partial charge in [-0.3, -0.25) is 19.1 Å². The van der Waals surface area contributed by atoms with E-state index in [0.717, 1.165) is 11.8 Å². The summed E-state index contributed by atoms with van der Waals surface area (Å²) in [7, 11) is -2.42. The Kier molecular flexibility index (Phi) is 11.2. The summed E-state index contributed by atoms with van der Waals surface area (Å²) in [6, 6.07) is 4.75. The first kappa shape index (κ1) is 40.3. The quantitative estimate of drug-likeness (QED) is 0.283. The number of amides is 5. The number of methoxy groups -OCH3 is 1. The van der Waals surface area contributed by atoms with Crippen LogP contribution in [0.1, 0.15) is 92.9 Å². The third-order valence-corrected chi connectivity index (χ3v) is 13.8. The summed E-state index contributed by atoms with van der Waals surface area (Å²) in [5.74, 6) is -1.41. The highest BCUT2D eigenvalue weighted by Gasteiger charge is 2.63. The molecule has 6 rings (SSSR count). The van der Waals surface area contributed by atoms with Crippen molar-refractivity contribution in [2.75, 3.05) is 13.7 Å². The Labute approximate surface area is 324 Å². The van der Waals surface area contributed by atoms with Crippen molar-refractivity contribution in [1.82, 2.24) is 30.6 Å². The maximum atomic E-state index is 14.9. The van der Waals surface area contributed by atoms with Crippen LogP contribution in [0.3, 0.4) is 0 Å². The molecule has 4 N–H and O–H groups in total. The average molecular weight is 781 g/mol. The Morgan fingerprint density at radius 3 is 2.53 bits per heavy atom. The lowest BCUT2D eigenvalue weighted by molar-refractivity contribution is -0.142. The first-order chi connectivity index (χ1) is 25.9. The molecule has 14 nitrogen and oxygen atoms in total. The molecule has 2 aliphatic heterocycles. The van der Waals surface area contributed by atoms with E-state index in [2.05, 4.69) is 32.6 Å². The molecule has 5 amide bonds. The Morgan fingerprint density at radius 1 is 1.11 bits per heavy atom. The van der Waals surface area contributed by atoms with Gasteiger partial charge >= 0.3 is 6.03 Å². The predicted octanol–water partition coefficient (Wildman–Crippen LogP) is 4.33. The number of fused-ring (bicyclic) bond motifs is 3. The lowest BCUT2D eigenvalue weighted by Crippen LogP contribution is -2.60. The number of aromatic nitrogens is 1. The van der Waals surface area contributed by atoms with Crippen LogP contribution in [-0.4, -0.2) is 89.7 Å². The summed E-state index contributed by atoms with van der Waals surface area (Å²) in [4.78, 5) is 62.8. The van der Waals surface area contributed by atoms with Gasteiger partial charge in [0.25, 0.3) is 5.91 Å². The van der Waals surface area contributed by atoms with Crippen LogP contribution in [0.15, 0.2) is 42.6 Å². The van der Waals surface area contributed by atoms with Gasteiger partial charge in [-0.05, 0) is 96.3 Å². The molecule has 0 unspecified atom stereocenters. The Bertz CT molecular complexity index is 1960. The zero-order valence-corrected chi connectivity index (χ0v) is 33.8. The van der Waals surface area contributed by atoms with Gasteiger partial charge in [-0.25, -0.2) is 18.2 Å². The standard InChI is InChI=1S/C40H56N6O8S/c1-8-25-20-24(2)12-9-10-13-26-22-40(26,36(49)45-55(51,52)39(6)17-18-39)43-33(47)30-21-27(23-46(30)35(48)32(25)42-37(50)44-38(3,4)5)54-34-29-14-11-15-31(53-7)28(29)16-19-41-34/h10-11,13-16,19,24-27,30,32H,8-9,12,17-18,20-23H2,1-7H3,(H,43,47)(H,45,49)(H2,42,44,50)/t24-,25-,26-,27-,30+,32+,40-/m1/s1. The molecule has 2 saturated carbocycles. The van der Waals surface area contributed by atoms with Crippen molar-refractivity contribution in [2.24, 2.45) is 17.8 Å². The molecule has 0 radical (unpaired) electrons. The van der Waals surface area contributed by atoms with Crippen molar-refractivity contribution in [3.8, 4) is 11.6 Å². The molecule has 15 heteroatoms. The topological polar surface area (TPSA) is 185 Å². The van der Waals surface area contributed by atoms with E-state index in [-0.39, 0.29) is 31.2 Å². The van der Waals surface area contributed by atoms with Gasteiger partial charge in [-0.15, -0.1) is 0 Å². The largest absolute Gasteiger partial charge is 0.496 e. The SMILES string of the molecule is CC[C@@H]1C[C@H](C)CCC=C[C@@H]2C[C@@]2(C(=O)NS(=O)(=O)C2(C)CC2)NC(=O)[C@@H]2C[C@@H](Oc3nccc4c(OC)cccc34)CN2C(=O)[C@H]1NC(=O)NC(C)(C)C. The van der Waals surface area contributed by atoms with Crippen LogP contribution in [0.2, 0.25) is 0 Å². The number of hydrogen-bond donors (Lipinski definition) is 4. The maximum Gasteiger partial charge on any atom is 0.315 e. The number of ether oxygens (including phenoxy) is 2. The molecular weight excluding hydrogens is 725 g/mol. The van der Waals surface area contributed by atoms with Gasteiger partial charge < -0.3 is 30.3 Å². The van der Waals surface area contributed by atoms with Crippen molar-refractivity contribution >= 4 is 44.5 Å². The zero-order chi connectivity index (χ0) is 39.9. The number of pyridine rings is 1. The van der Waals surface area contributed by atoms with Crippen molar-refractivity contribution in [1.29, 1.82) is 0 Å². The molecule has 55 heavy (non-hydrogen) atoms. The van der Waals surface area contributed by atoms with Gasteiger partial charge in [0.05, 0.1) is 18.4 Å². The molecule has 1 aromatic heterocycles. The summed E-state index contributed by atoms with van der Waals surface area (Å²) in [6.45, 7) is 11.3. The average Bonchev–Trinajstić information content (AvgIpc) is 4.00. The fraction of sp³-hybridized carbons (Fsp3) is 0.625. The minimum absolute atomic E-state index is 0.000719. The smallest absolute Gasteiger partial charge is 0.315 e. The first-order valence-electron chi connectivity index (χ1n) is 19.4. The molecule has 0 spiro atoms. The minimum Gasteiger partial charge on any atom is -0.496 e. The van der Waals surface area contributed by atoms with Crippen LogP contribution in [0.4, 0.5) is 4.79 Å². The van der Waals surface area contributed by atoms with E-state index in [4.69, 9.17) is 9.47 Å². The molecule has 4 aliphatic rings. The minimum atomic E-state index is -3.99. The number of allylic oxidation sites excluding steroid dienone is 1. The van der Waals surface area contributed by atoms with Crippen LogP contribution in [0, 0.1) is 17.8 Å². The molecule has 300 valence electrons. The van der Waals surface area contributed by atoms with E-state index < -0.39 is 73.7 Å². The highest BCUT2D eigenvalue weighted by Crippen LogP contribution is 2.47. The predicted molar refractivity (Wildman–Crippen MR) is 208 cm³/mol. The van der Waals surface area contributed by atoms with Gasteiger partial charge in [0.15, 0.2) is 0 Å². The second kappa shape index (κ2) is 15.3. The Hall–Kier alpha value is -4.40. The summed E-state index contributed by atoms with van der Waals surface area (Å²) in [6.07, 6.45) is 8.65. The lowest BCUT2D eigenvalue weighted by atomic mass is 9.85. The molecule has 2 aliphatic carbocycles. The van der Waals surface area contributed by atoms with Gasteiger partial charge in [-0.1, -0.05) is 38.5 Å². The Balaban J connectivity index is 1.37. The van der Waals surface area contributed by atoms with E-state index in [1.54, 1.807) is 20.2 Å². The normalized spacial score (nSPS) is 29.5. The monoisotopic (exact) mass is 780 g/mol. The highest BCUT2D eigenvalue weighted by molar-refractivity contribution is 7.91. The third-order valence-electron chi connectivity index (χ3n) is 11.6. The van der Waals surface area contributed by atoms with Crippen molar-refractivity contribution in [2.45, 2.75) is 127 Å². The second-order valence-electron chi connectivity index (χ2n) is 17.2. The summed E-state index contributed by atoms with van der Waals surface area (Å²) in [5, 5.41) is 10.3. The van der Waals surface area contributed by atoms with Crippen LogP contribution < -0.4 is 30.1 Å². The first-order valence-corrected chi connectivity index (χ1v) is 20.9. The molecule has 3 fully saturated rings. The van der Waals surface area contributed by atoms with Gasteiger partial charge in [0, 0.05) is 34.8 Å². The zero-order valence-electron chi connectivity index (χ0n) is 32.9. The highest BCUT2D eigenvalue weighted by atomic mass is 32.2. The van der Waals surface area contributed by atoms with E-state index in [0.29, 0.717) is 49.1 Å². The third kappa shape index (κ3) is 8.56. The molecule has 1 aromatic carbocycles. The fourth-order valence-corrected chi connectivity index (χ4v) is 9.23. The van der Waals surface area contributed by atoms with Crippen LogP contribution in [-0.2, 0) is 24.4 Å². The number of hydrogen-bond acceptors (Lipinski definition) is 9. The number of sulfonamides is 1. The number of nitrogens with zero attached hydrogens (tertiary/aromatic N) is 2. The fourth-order valence-electron chi connectivity index (χ4n) is 7.91. The number of urea groups is 1. The molecule has 1 saturated heterocycles.